The fraction of sp³-hybridized carbons (Fsp3) is 0.154. The van der Waals surface area contributed by atoms with E-state index in [1.54, 1.807) is 55.6 Å². The first-order chi connectivity index (χ1) is 17.5. The molecule has 0 bridgehead atoms. The van der Waals surface area contributed by atoms with Crippen molar-refractivity contribution in [1.29, 1.82) is 0 Å². The Morgan fingerprint density at radius 2 is 1.94 bits per heavy atom. The molecule has 0 aliphatic rings. The third-order valence-corrected chi connectivity index (χ3v) is 6.62. The second-order valence-corrected chi connectivity index (χ2v) is 9.25. The summed E-state index contributed by atoms with van der Waals surface area (Å²) < 4.78 is 13.0. The highest BCUT2D eigenvalue weighted by Crippen LogP contribution is 2.25. The van der Waals surface area contributed by atoms with E-state index in [-0.39, 0.29) is 17.2 Å². The predicted molar refractivity (Wildman–Crippen MR) is 146 cm³/mol. The Kier molecular flexibility index (Phi) is 8.40. The second kappa shape index (κ2) is 11.9. The molecule has 0 unspecified atom stereocenters. The molecule has 0 radical (unpaired) electrons. The molecule has 4 rings (SSSR count). The van der Waals surface area contributed by atoms with Gasteiger partial charge in [-0.25, -0.2) is 10.4 Å². The van der Waals surface area contributed by atoms with Gasteiger partial charge in [0.2, 0.25) is 0 Å². The third kappa shape index (κ3) is 5.95. The standard InChI is InChI=1S/C26H23BrN4O4S/c1-3-35-19-11-9-18(10-12-19)31-25(33)20-6-4-5-7-22(20)29-26(31)36-16-24(32)30-28-15-17-8-13-23(34-2)21(27)14-17/h4-15H,3,16H2,1-2H3,(H,30,32). The second-order valence-electron chi connectivity index (χ2n) is 7.45. The van der Waals surface area contributed by atoms with Gasteiger partial charge < -0.3 is 9.47 Å². The minimum Gasteiger partial charge on any atom is -0.496 e. The summed E-state index contributed by atoms with van der Waals surface area (Å²) in [6, 6.07) is 19.8. The molecule has 0 saturated carbocycles. The van der Waals surface area contributed by atoms with Gasteiger partial charge in [0.05, 0.1) is 46.7 Å². The van der Waals surface area contributed by atoms with Gasteiger partial charge >= 0.3 is 0 Å². The van der Waals surface area contributed by atoms with E-state index in [1.165, 1.54) is 10.8 Å². The van der Waals surface area contributed by atoms with Crippen molar-refractivity contribution in [2.24, 2.45) is 5.10 Å². The molecule has 1 N–H and O–H groups in total. The molecule has 3 aromatic carbocycles. The summed E-state index contributed by atoms with van der Waals surface area (Å²) in [7, 11) is 1.59. The van der Waals surface area contributed by atoms with Crippen molar-refractivity contribution in [2.75, 3.05) is 19.5 Å². The summed E-state index contributed by atoms with van der Waals surface area (Å²) in [5.74, 6) is 1.10. The molecule has 0 aliphatic heterocycles. The fourth-order valence-corrected chi connectivity index (χ4v) is 4.76. The monoisotopic (exact) mass is 566 g/mol. The Hall–Kier alpha value is -3.63. The molecular weight excluding hydrogens is 544 g/mol. The summed E-state index contributed by atoms with van der Waals surface area (Å²) in [6.07, 6.45) is 1.54. The van der Waals surface area contributed by atoms with Crippen LogP contribution in [0.15, 0.2) is 86.3 Å². The lowest BCUT2D eigenvalue weighted by molar-refractivity contribution is -0.118. The first-order valence-corrected chi connectivity index (χ1v) is 12.8. The number of rotatable bonds is 9. The SMILES string of the molecule is CCOc1ccc(-n2c(SCC(=O)NN=Cc3ccc(OC)c(Br)c3)nc3ccccc3c2=O)cc1. The molecule has 0 aliphatic carbocycles. The van der Waals surface area contributed by atoms with Gasteiger partial charge in [0.1, 0.15) is 11.5 Å². The number of thioether (sulfide) groups is 1. The first-order valence-electron chi connectivity index (χ1n) is 11.0. The van der Waals surface area contributed by atoms with Crippen LogP contribution in [0.4, 0.5) is 0 Å². The van der Waals surface area contributed by atoms with Crippen LogP contribution in [0.5, 0.6) is 11.5 Å². The minimum atomic E-state index is -0.329. The van der Waals surface area contributed by atoms with E-state index < -0.39 is 0 Å². The number of halogens is 1. The van der Waals surface area contributed by atoms with E-state index in [1.807, 2.05) is 25.1 Å². The maximum Gasteiger partial charge on any atom is 0.266 e. The largest absolute Gasteiger partial charge is 0.496 e. The van der Waals surface area contributed by atoms with Crippen LogP contribution in [0.1, 0.15) is 12.5 Å². The Bertz CT molecular complexity index is 1470. The number of carbonyl (C=O) groups excluding carboxylic acids is 1. The van der Waals surface area contributed by atoms with Crippen LogP contribution in [-0.4, -0.2) is 41.1 Å². The Balaban J connectivity index is 1.53. The van der Waals surface area contributed by atoms with E-state index >= 15 is 0 Å². The van der Waals surface area contributed by atoms with Crippen molar-refractivity contribution < 1.29 is 14.3 Å². The van der Waals surface area contributed by atoms with Gasteiger partial charge in [-0.2, -0.15) is 5.10 Å². The fourth-order valence-electron chi connectivity index (χ4n) is 3.40. The number of ether oxygens (including phenoxy) is 2. The van der Waals surface area contributed by atoms with Crippen molar-refractivity contribution in [3.8, 4) is 17.2 Å². The van der Waals surface area contributed by atoms with Crippen LogP contribution in [0.25, 0.3) is 16.6 Å². The molecule has 1 heterocycles. The number of hydrogen-bond acceptors (Lipinski definition) is 7. The smallest absolute Gasteiger partial charge is 0.266 e. The Morgan fingerprint density at radius 3 is 2.67 bits per heavy atom. The van der Waals surface area contributed by atoms with Gasteiger partial charge in [0, 0.05) is 0 Å². The number of fused-ring (bicyclic) bond motifs is 1. The van der Waals surface area contributed by atoms with Crippen molar-refractivity contribution in [3.63, 3.8) is 0 Å². The molecule has 10 heteroatoms. The molecule has 36 heavy (non-hydrogen) atoms. The highest BCUT2D eigenvalue weighted by Gasteiger charge is 2.15. The number of hydrazone groups is 1. The maximum atomic E-state index is 13.3. The summed E-state index contributed by atoms with van der Waals surface area (Å²) in [4.78, 5) is 30.5. The summed E-state index contributed by atoms with van der Waals surface area (Å²) in [6.45, 7) is 2.46. The third-order valence-electron chi connectivity index (χ3n) is 5.06. The normalized spacial score (nSPS) is 11.1. The number of benzene rings is 3. The van der Waals surface area contributed by atoms with E-state index in [2.05, 4.69) is 31.4 Å². The molecule has 4 aromatic rings. The highest BCUT2D eigenvalue weighted by molar-refractivity contribution is 9.10. The average Bonchev–Trinajstić information content (AvgIpc) is 2.88. The van der Waals surface area contributed by atoms with Crippen LogP contribution in [0, 0.1) is 0 Å². The summed E-state index contributed by atoms with van der Waals surface area (Å²) in [5.41, 5.74) is 4.29. The van der Waals surface area contributed by atoms with Crippen LogP contribution in [0.2, 0.25) is 0 Å². The molecule has 0 saturated heterocycles. The van der Waals surface area contributed by atoms with E-state index in [0.717, 1.165) is 21.8 Å². The number of amides is 1. The van der Waals surface area contributed by atoms with Crippen LogP contribution in [0.3, 0.4) is 0 Å². The molecule has 1 aromatic heterocycles. The van der Waals surface area contributed by atoms with Crippen molar-refractivity contribution >= 4 is 50.7 Å². The average molecular weight is 567 g/mol. The topological polar surface area (TPSA) is 94.8 Å². The number of nitrogens with zero attached hydrogens (tertiary/aromatic N) is 3. The van der Waals surface area contributed by atoms with Gasteiger partial charge in [0.15, 0.2) is 5.16 Å². The van der Waals surface area contributed by atoms with E-state index in [4.69, 9.17) is 9.47 Å². The van der Waals surface area contributed by atoms with E-state index in [9.17, 15) is 9.59 Å². The number of aromatic nitrogens is 2. The van der Waals surface area contributed by atoms with Gasteiger partial charge in [-0.1, -0.05) is 23.9 Å². The van der Waals surface area contributed by atoms with Gasteiger partial charge in [0.25, 0.3) is 11.5 Å². The molecule has 184 valence electrons. The number of methoxy groups -OCH3 is 1. The van der Waals surface area contributed by atoms with Crippen LogP contribution >= 0.6 is 27.7 Å². The van der Waals surface area contributed by atoms with E-state index in [0.29, 0.717) is 39.9 Å². The lowest BCUT2D eigenvalue weighted by Crippen LogP contribution is -2.24. The molecule has 0 fully saturated rings. The molecule has 8 nitrogen and oxygen atoms in total. The van der Waals surface area contributed by atoms with Crippen molar-refractivity contribution in [3.05, 3.63) is 87.1 Å². The number of carbonyl (C=O) groups is 1. The zero-order chi connectivity index (χ0) is 25.5. The minimum absolute atomic E-state index is 0.0193. The number of hydrogen-bond donors (Lipinski definition) is 1. The zero-order valence-electron chi connectivity index (χ0n) is 19.6. The molecule has 1 amide bonds. The van der Waals surface area contributed by atoms with Gasteiger partial charge in [-0.3, -0.25) is 14.2 Å². The zero-order valence-corrected chi connectivity index (χ0v) is 22.0. The number of nitrogens with one attached hydrogen (secondary N) is 1. The molecule has 0 spiro atoms. The van der Waals surface area contributed by atoms with Gasteiger partial charge in [-0.05, 0) is 83.0 Å². The highest BCUT2D eigenvalue weighted by atomic mass is 79.9. The maximum absolute atomic E-state index is 13.3. The van der Waals surface area contributed by atoms with Gasteiger partial charge in [-0.15, -0.1) is 0 Å². The van der Waals surface area contributed by atoms with Crippen LogP contribution < -0.4 is 20.5 Å². The number of para-hydroxylation sites is 1. The quantitative estimate of drug-likeness (QED) is 0.135. The lowest BCUT2D eigenvalue weighted by atomic mass is 10.2. The first kappa shape index (κ1) is 25.5. The molecular formula is C26H23BrN4O4S. The Morgan fingerprint density at radius 1 is 1.17 bits per heavy atom. The molecule has 0 atom stereocenters. The summed E-state index contributed by atoms with van der Waals surface area (Å²) >= 11 is 4.58. The van der Waals surface area contributed by atoms with Crippen molar-refractivity contribution in [1.82, 2.24) is 15.0 Å². The van der Waals surface area contributed by atoms with Crippen LogP contribution in [-0.2, 0) is 4.79 Å². The summed E-state index contributed by atoms with van der Waals surface area (Å²) in [5, 5.41) is 4.92. The van der Waals surface area contributed by atoms with Crippen molar-refractivity contribution in [2.45, 2.75) is 12.1 Å². The Labute approximate surface area is 220 Å². The lowest BCUT2D eigenvalue weighted by Gasteiger charge is -2.13. The predicted octanol–water partition coefficient (Wildman–Crippen LogP) is 4.80.